The van der Waals surface area contributed by atoms with Crippen molar-refractivity contribution in [2.24, 2.45) is 0 Å². The Hall–Kier alpha value is -2.56. The van der Waals surface area contributed by atoms with Gasteiger partial charge in [-0.25, -0.2) is 0 Å². The average Bonchev–Trinajstić information content (AvgIpc) is 3.15. The molecule has 106 valence electrons. The fraction of sp³-hybridized carbons (Fsp3) is 0.250. The first kappa shape index (κ1) is 12.2. The van der Waals surface area contributed by atoms with Gasteiger partial charge in [-0.3, -0.25) is 0 Å². The van der Waals surface area contributed by atoms with Crippen LogP contribution in [0.25, 0.3) is 11.6 Å². The number of para-hydroxylation sites is 1. The highest BCUT2D eigenvalue weighted by atomic mass is 16.5. The molecule has 0 fully saturated rings. The van der Waals surface area contributed by atoms with Crippen LogP contribution < -0.4 is 5.32 Å². The standard InChI is InChI=1S/C16H15N3O2/c1-10-7-9-20-14(10)15-18-16(21-19-15)12-6-8-17-13-5-3-2-4-11(12)13/h2-5,7,9,12,17H,6,8H2,1H3. The van der Waals surface area contributed by atoms with Gasteiger partial charge in [-0.2, -0.15) is 4.98 Å². The van der Waals surface area contributed by atoms with Crippen molar-refractivity contribution in [1.82, 2.24) is 10.1 Å². The van der Waals surface area contributed by atoms with E-state index in [1.165, 1.54) is 5.56 Å². The van der Waals surface area contributed by atoms with Gasteiger partial charge in [0.15, 0.2) is 5.76 Å². The Balaban J connectivity index is 1.73. The zero-order valence-electron chi connectivity index (χ0n) is 11.7. The lowest BCUT2D eigenvalue weighted by atomic mass is 9.91. The molecular weight excluding hydrogens is 266 g/mol. The lowest BCUT2D eigenvalue weighted by Gasteiger charge is -2.23. The lowest BCUT2D eigenvalue weighted by molar-refractivity contribution is 0.360. The minimum atomic E-state index is 0.138. The number of nitrogens with one attached hydrogen (secondary N) is 1. The quantitative estimate of drug-likeness (QED) is 0.777. The third-order valence-corrected chi connectivity index (χ3v) is 3.89. The number of aromatic nitrogens is 2. The van der Waals surface area contributed by atoms with Crippen LogP contribution in [0.15, 0.2) is 45.5 Å². The normalized spacial score (nSPS) is 17.3. The maximum atomic E-state index is 5.49. The molecule has 0 amide bonds. The summed E-state index contributed by atoms with van der Waals surface area (Å²) in [4.78, 5) is 4.54. The zero-order chi connectivity index (χ0) is 14.2. The highest BCUT2D eigenvalue weighted by molar-refractivity contribution is 5.57. The number of anilines is 1. The number of aryl methyl sites for hydroxylation is 1. The number of fused-ring (bicyclic) bond motifs is 1. The molecule has 0 saturated heterocycles. The number of hydrogen-bond acceptors (Lipinski definition) is 5. The van der Waals surface area contributed by atoms with E-state index in [1.54, 1.807) is 6.26 Å². The molecular formula is C16H15N3O2. The third-order valence-electron chi connectivity index (χ3n) is 3.89. The molecule has 1 aliphatic rings. The van der Waals surface area contributed by atoms with E-state index in [1.807, 2.05) is 25.1 Å². The van der Waals surface area contributed by atoms with Crippen LogP contribution in [0.4, 0.5) is 5.69 Å². The summed E-state index contributed by atoms with van der Waals surface area (Å²) >= 11 is 0. The summed E-state index contributed by atoms with van der Waals surface area (Å²) < 4.78 is 10.9. The molecule has 1 unspecified atom stereocenters. The van der Waals surface area contributed by atoms with Crippen molar-refractivity contribution < 1.29 is 8.94 Å². The van der Waals surface area contributed by atoms with Crippen molar-refractivity contribution >= 4 is 5.69 Å². The van der Waals surface area contributed by atoms with Crippen molar-refractivity contribution in [2.45, 2.75) is 19.3 Å². The second kappa shape index (κ2) is 4.77. The van der Waals surface area contributed by atoms with E-state index in [2.05, 4.69) is 27.6 Å². The maximum Gasteiger partial charge on any atom is 0.238 e. The van der Waals surface area contributed by atoms with Gasteiger partial charge in [0.1, 0.15) is 0 Å². The fourth-order valence-corrected chi connectivity index (χ4v) is 2.80. The molecule has 0 spiro atoms. The number of nitrogens with zero attached hydrogens (tertiary/aromatic N) is 2. The molecule has 0 saturated carbocycles. The Kier molecular flexibility index (Phi) is 2.77. The molecule has 2 aromatic heterocycles. The van der Waals surface area contributed by atoms with E-state index in [0.717, 1.165) is 24.2 Å². The van der Waals surface area contributed by atoms with Gasteiger partial charge in [0.25, 0.3) is 0 Å². The average molecular weight is 281 g/mol. The van der Waals surface area contributed by atoms with Crippen LogP contribution in [-0.4, -0.2) is 16.7 Å². The predicted octanol–water partition coefficient (Wildman–Crippen LogP) is 3.59. The number of hydrogen-bond donors (Lipinski definition) is 1. The molecule has 5 heteroatoms. The van der Waals surface area contributed by atoms with Gasteiger partial charge in [-0.1, -0.05) is 23.4 Å². The van der Waals surface area contributed by atoms with Crippen LogP contribution >= 0.6 is 0 Å². The summed E-state index contributed by atoms with van der Waals surface area (Å²) in [7, 11) is 0. The molecule has 1 aliphatic heterocycles. The predicted molar refractivity (Wildman–Crippen MR) is 78.1 cm³/mol. The second-order valence-corrected chi connectivity index (χ2v) is 5.24. The maximum absolute atomic E-state index is 5.49. The highest BCUT2D eigenvalue weighted by Crippen LogP contribution is 2.36. The van der Waals surface area contributed by atoms with Crippen molar-refractivity contribution in [3.8, 4) is 11.6 Å². The first-order valence-electron chi connectivity index (χ1n) is 7.04. The van der Waals surface area contributed by atoms with Crippen LogP contribution in [0.2, 0.25) is 0 Å². The summed E-state index contributed by atoms with van der Waals surface area (Å²) in [6.07, 6.45) is 2.58. The van der Waals surface area contributed by atoms with E-state index in [9.17, 15) is 0 Å². The Labute approximate surface area is 122 Å². The molecule has 21 heavy (non-hydrogen) atoms. The summed E-state index contributed by atoms with van der Waals surface area (Å²) in [5, 5.41) is 7.46. The van der Waals surface area contributed by atoms with Crippen LogP contribution in [0.1, 0.15) is 29.4 Å². The molecule has 1 atom stereocenters. The van der Waals surface area contributed by atoms with Gasteiger partial charge in [-0.05, 0) is 36.6 Å². The fourth-order valence-electron chi connectivity index (χ4n) is 2.80. The number of rotatable bonds is 2. The monoisotopic (exact) mass is 281 g/mol. The first-order chi connectivity index (χ1) is 10.3. The van der Waals surface area contributed by atoms with E-state index in [4.69, 9.17) is 8.94 Å². The highest BCUT2D eigenvalue weighted by Gasteiger charge is 2.27. The van der Waals surface area contributed by atoms with Crippen LogP contribution in [0.5, 0.6) is 0 Å². The molecule has 0 bridgehead atoms. The van der Waals surface area contributed by atoms with E-state index in [0.29, 0.717) is 17.5 Å². The van der Waals surface area contributed by atoms with Crippen LogP contribution in [0, 0.1) is 6.92 Å². The van der Waals surface area contributed by atoms with Gasteiger partial charge in [-0.15, -0.1) is 0 Å². The van der Waals surface area contributed by atoms with Gasteiger partial charge in [0.05, 0.1) is 12.2 Å². The lowest BCUT2D eigenvalue weighted by Crippen LogP contribution is -2.17. The van der Waals surface area contributed by atoms with E-state index in [-0.39, 0.29) is 5.92 Å². The third kappa shape index (κ3) is 2.01. The molecule has 3 heterocycles. The zero-order valence-corrected chi connectivity index (χ0v) is 11.7. The summed E-state index contributed by atoms with van der Waals surface area (Å²) in [5.41, 5.74) is 3.35. The van der Waals surface area contributed by atoms with Crippen molar-refractivity contribution in [2.75, 3.05) is 11.9 Å². The number of benzene rings is 1. The molecule has 5 nitrogen and oxygen atoms in total. The number of furan rings is 1. The molecule has 1 N–H and O–H groups in total. The van der Waals surface area contributed by atoms with Gasteiger partial charge in [0, 0.05) is 12.2 Å². The molecule has 4 rings (SSSR count). The summed E-state index contributed by atoms with van der Waals surface area (Å²) in [6.45, 7) is 2.87. The first-order valence-corrected chi connectivity index (χ1v) is 7.04. The van der Waals surface area contributed by atoms with Crippen molar-refractivity contribution in [3.63, 3.8) is 0 Å². The Morgan fingerprint density at radius 2 is 2.14 bits per heavy atom. The van der Waals surface area contributed by atoms with Crippen molar-refractivity contribution in [3.05, 3.63) is 53.6 Å². The Bertz CT molecular complexity index is 775. The van der Waals surface area contributed by atoms with Crippen LogP contribution in [0.3, 0.4) is 0 Å². The second-order valence-electron chi connectivity index (χ2n) is 5.24. The molecule has 0 aliphatic carbocycles. The Morgan fingerprint density at radius 3 is 3.00 bits per heavy atom. The Morgan fingerprint density at radius 1 is 1.24 bits per heavy atom. The van der Waals surface area contributed by atoms with E-state index < -0.39 is 0 Å². The van der Waals surface area contributed by atoms with Gasteiger partial charge < -0.3 is 14.3 Å². The van der Waals surface area contributed by atoms with Gasteiger partial charge >= 0.3 is 0 Å². The molecule has 1 aromatic carbocycles. The SMILES string of the molecule is Cc1ccoc1-c1noc(C2CCNc3ccccc32)n1. The van der Waals surface area contributed by atoms with E-state index >= 15 is 0 Å². The van der Waals surface area contributed by atoms with Gasteiger partial charge in [0.2, 0.25) is 11.7 Å². The molecule has 3 aromatic rings. The largest absolute Gasteiger partial charge is 0.461 e. The topological polar surface area (TPSA) is 64.1 Å². The minimum Gasteiger partial charge on any atom is -0.461 e. The smallest absolute Gasteiger partial charge is 0.238 e. The molecule has 0 radical (unpaired) electrons. The summed E-state index contributed by atoms with van der Waals surface area (Å²) in [6, 6.07) is 10.1. The van der Waals surface area contributed by atoms with Crippen molar-refractivity contribution in [1.29, 1.82) is 0 Å². The summed E-state index contributed by atoms with van der Waals surface area (Å²) in [5.74, 6) is 1.98. The van der Waals surface area contributed by atoms with Crippen LogP contribution in [-0.2, 0) is 0 Å². The minimum absolute atomic E-state index is 0.138.